The fourth-order valence-corrected chi connectivity index (χ4v) is 4.39. The Labute approximate surface area is 185 Å². The van der Waals surface area contributed by atoms with Crippen molar-refractivity contribution in [2.75, 3.05) is 19.6 Å². The lowest BCUT2D eigenvalue weighted by Gasteiger charge is -2.39. The molecule has 10 nitrogen and oxygen atoms in total. The van der Waals surface area contributed by atoms with Crippen molar-refractivity contribution in [3.8, 4) is 0 Å². The van der Waals surface area contributed by atoms with Gasteiger partial charge in [0.25, 0.3) is 0 Å². The Morgan fingerprint density at radius 1 is 0.969 bits per heavy atom. The number of carbonyl (C=O) groups excluding carboxylic acids is 5. The zero-order valence-corrected chi connectivity index (χ0v) is 17.7. The molecule has 2 heterocycles. The third-order valence-electron chi connectivity index (χ3n) is 6.29. The highest BCUT2D eigenvalue weighted by atomic mass is 16.2. The molecule has 3 fully saturated rings. The van der Waals surface area contributed by atoms with Gasteiger partial charge < -0.3 is 20.9 Å². The second-order valence-electron chi connectivity index (χ2n) is 8.35. The minimum Gasteiger partial charge on any atom is -0.352 e. The molecule has 4 rings (SSSR count). The third kappa shape index (κ3) is 4.44. The first-order chi connectivity index (χ1) is 15.5. The molecular weight excluding hydrogens is 414 g/mol. The number of nitrogens with one attached hydrogen (secondary N) is 3. The van der Waals surface area contributed by atoms with E-state index < -0.39 is 35.8 Å². The van der Waals surface area contributed by atoms with Crippen LogP contribution in [0.5, 0.6) is 0 Å². The van der Waals surface area contributed by atoms with Gasteiger partial charge in [-0.3, -0.25) is 24.1 Å². The number of piperazine rings is 1. The normalized spacial score (nSPS) is 22.6. The number of amides is 6. The maximum Gasteiger partial charge on any atom is 0.325 e. The molecule has 32 heavy (non-hydrogen) atoms. The van der Waals surface area contributed by atoms with Gasteiger partial charge in [-0.15, -0.1) is 0 Å². The van der Waals surface area contributed by atoms with E-state index in [4.69, 9.17) is 0 Å². The molecule has 0 aromatic heterocycles. The third-order valence-corrected chi connectivity index (χ3v) is 6.29. The molecule has 1 aromatic rings. The predicted molar refractivity (Wildman–Crippen MR) is 113 cm³/mol. The Morgan fingerprint density at radius 3 is 2.31 bits per heavy atom. The highest BCUT2D eigenvalue weighted by Crippen LogP contribution is 2.24. The van der Waals surface area contributed by atoms with Gasteiger partial charge in [-0.2, -0.15) is 0 Å². The van der Waals surface area contributed by atoms with Crippen LogP contribution in [0.3, 0.4) is 0 Å². The maximum atomic E-state index is 12.9. The molecule has 2 saturated heterocycles. The molecule has 0 spiro atoms. The summed E-state index contributed by atoms with van der Waals surface area (Å²) in [5, 5.41) is 7.71. The Kier molecular flexibility index (Phi) is 6.38. The largest absolute Gasteiger partial charge is 0.352 e. The monoisotopic (exact) mass is 441 g/mol. The fraction of sp³-hybridized carbons (Fsp3) is 0.500. The second-order valence-corrected chi connectivity index (χ2v) is 8.35. The first kappa shape index (κ1) is 21.8. The van der Waals surface area contributed by atoms with Gasteiger partial charge in [0.1, 0.15) is 12.1 Å². The van der Waals surface area contributed by atoms with E-state index in [1.807, 2.05) is 0 Å². The number of β-lactam (4-membered cyclic amide) rings is 1. The van der Waals surface area contributed by atoms with Gasteiger partial charge in [-0.1, -0.05) is 49.6 Å². The van der Waals surface area contributed by atoms with Gasteiger partial charge in [-0.05, 0) is 18.4 Å². The van der Waals surface area contributed by atoms with Gasteiger partial charge in [0.2, 0.25) is 11.8 Å². The molecule has 0 radical (unpaired) electrons. The summed E-state index contributed by atoms with van der Waals surface area (Å²) < 4.78 is 0. The topological polar surface area (TPSA) is 128 Å². The highest BCUT2D eigenvalue weighted by molar-refractivity contribution is 6.38. The Hall–Kier alpha value is -3.43. The Morgan fingerprint density at radius 2 is 1.69 bits per heavy atom. The van der Waals surface area contributed by atoms with E-state index >= 15 is 0 Å². The number of urea groups is 1. The zero-order chi connectivity index (χ0) is 22.7. The van der Waals surface area contributed by atoms with Crippen molar-refractivity contribution in [2.24, 2.45) is 0 Å². The summed E-state index contributed by atoms with van der Waals surface area (Å²) in [6.45, 7) is 0.671. The summed E-state index contributed by atoms with van der Waals surface area (Å²) >= 11 is 0. The summed E-state index contributed by atoms with van der Waals surface area (Å²) in [5.74, 6) is -2.42. The molecule has 3 N–H and O–H groups in total. The number of hydrogen-bond acceptors (Lipinski definition) is 5. The average Bonchev–Trinajstić information content (AvgIpc) is 2.82. The summed E-state index contributed by atoms with van der Waals surface area (Å²) in [6, 6.07) is 6.00. The Bertz CT molecular complexity index is 915. The lowest BCUT2D eigenvalue weighted by Crippen LogP contribution is -2.64. The molecule has 170 valence electrons. The van der Waals surface area contributed by atoms with Crippen LogP contribution in [-0.4, -0.2) is 71.2 Å². The van der Waals surface area contributed by atoms with Crippen LogP contribution in [0.2, 0.25) is 0 Å². The number of benzene rings is 1. The lowest BCUT2D eigenvalue weighted by molar-refractivity contribution is -0.156. The van der Waals surface area contributed by atoms with E-state index in [2.05, 4.69) is 16.0 Å². The van der Waals surface area contributed by atoms with Crippen molar-refractivity contribution >= 4 is 29.7 Å². The van der Waals surface area contributed by atoms with Crippen molar-refractivity contribution in [3.63, 3.8) is 0 Å². The second kappa shape index (κ2) is 9.37. The van der Waals surface area contributed by atoms with Gasteiger partial charge in [0.15, 0.2) is 0 Å². The van der Waals surface area contributed by atoms with E-state index in [1.165, 1.54) is 0 Å². The molecule has 10 heteroatoms. The molecule has 1 aliphatic carbocycles. The van der Waals surface area contributed by atoms with Crippen LogP contribution in [0.4, 0.5) is 4.79 Å². The number of imide groups is 1. The van der Waals surface area contributed by atoms with E-state index in [1.54, 1.807) is 35.2 Å². The maximum absolute atomic E-state index is 12.9. The summed E-state index contributed by atoms with van der Waals surface area (Å²) in [7, 11) is 0. The van der Waals surface area contributed by atoms with Crippen LogP contribution in [0.25, 0.3) is 0 Å². The van der Waals surface area contributed by atoms with Gasteiger partial charge >= 0.3 is 17.8 Å². The molecule has 1 unspecified atom stereocenters. The van der Waals surface area contributed by atoms with Crippen LogP contribution in [0.15, 0.2) is 30.3 Å². The van der Waals surface area contributed by atoms with Crippen LogP contribution < -0.4 is 16.0 Å². The van der Waals surface area contributed by atoms with Crippen molar-refractivity contribution in [2.45, 2.75) is 50.2 Å². The number of nitrogens with zero attached hydrogens (tertiary/aromatic N) is 2. The highest BCUT2D eigenvalue weighted by Gasteiger charge is 2.40. The fourth-order valence-electron chi connectivity index (χ4n) is 4.39. The molecular formula is C22H27N5O5. The lowest BCUT2D eigenvalue weighted by atomic mass is 9.93. The smallest absolute Gasteiger partial charge is 0.325 e. The SMILES string of the molecule is O=C1NCC1NC(=O)[C@H](NC(=O)N1CCN(C2CCCCC2)C(=O)C1=O)c1ccccc1. The molecule has 1 aromatic carbocycles. The predicted octanol–water partition coefficient (Wildman–Crippen LogP) is 0.0554. The first-order valence-corrected chi connectivity index (χ1v) is 11.0. The van der Waals surface area contributed by atoms with Crippen LogP contribution in [0, 0.1) is 0 Å². The van der Waals surface area contributed by atoms with Gasteiger partial charge in [0, 0.05) is 25.7 Å². The van der Waals surface area contributed by atoms with Gasteiger partial charge in [0.05, 0.1) is 0 Å². The molecule has 2 atom stereocenters. The van der Waals surface area contributed by atoms with Crippen LogP contribution >= 0.6 is 0 Å². The number of rotatable bonds is 5. The van der Waals surface area contributed by atoms with E-state index in [0.29, 0.717) is 12.1 Å². The average molecular weight is 441 g/mol. The molecule has 1 saturated carbocycles. The minimum absolute atomic E-state index is 0.0434. The summed E-state index contributed by atoms with van der Waals surface area (Å²) in [5.41, 5.74) is 0.498. The zero-order valence-electron chi connectivity index (χ0n) is 17.7. The van der Waals surface area contributed by atoms with Gasteiger partial charge in [-0.25, -0.2) is 4.79 Å². The van der Waals surface area contributed by atoms with E-state index in [0.717, 1.165) is 37.0 Å². The summed E-state index contributed by atoms with van der Waals surface area (Å²) in [4.78, 5) is 65.1. The first-order valence-electron chi connectivity index (χ1n) is 11.0. The number of carbonyl (C=O) groups is 5. The number of hydrogen-bond donors (Lipinski definition) is 3. The Balaban J connectivity index is 1.44. The van der Waals surface area contributed by atoms with E-state index in [9.17, 15) is 24.0 Å². The van der Waals surface area contributed by atoms with Crippen molar-refractivity contribution in [1.82, 2.24) is 25.8 Å². The molecule has 6 amide bonds. The van der Waals surface area contributed by atoms with Crippen molar-refractivity contribution in [3.05, 3.63) is 35.9 Å². The van der Waals surface area contributed by atoms with Crippen LogP contribution in [0.1, 0.15) is 43.7 Å². The molecule has 0 bridgehead atoms. The molecule has 3 aliphatic rings. The van der Waals surface area contributed by atoms with Crippen molar-refractivity contribution < 1.29 is 24.0 Å². The quantitative estimate of drug-likeness (QED) is 0.440. The van der Waals surface area contributed by atoms with E-state index in [-0.39, 0.29) is 25.0 Å². The summed E-state index contributed by atoms with van der Waals surface area (Å²) in [6.07, 6.45) is 4.93. The standard InChI is InChI=1S/C22H27N5O5/c28-18-16(13-23-18)24-19(29)17(14-7-3-1-4-8-14)25-22(32)27-12-11-26(20(30)21(27)31)15-9-5-2-6-10-15/h1,3-4,7-8,15-17H,2,5-6,9-13H2,(H,23,28)(H,24,29)(H,25,32)/t16?,17-/m1/s1. The van der Waals surface area contributed by atoms with Crippen molar-refractivity contribution in [1.29, 1.82) is 0 Å². The minimum atomic E-state index is -1.11. The van der Waals surface area contributed by atoms with Crippen LogP contribution in [-0.2, 0) is 19.2 Å². The molecule has 2 aliphatic heterocycles.